The van der Waals surface area contributed by atoms with Gasteiger partial charge in [-0.05, 0) is 30.7 Å². The number of hydrogen-bond acceptors (Lipinski definition) is 5. The number of fused-ring (bicyclic) bond motifs is 1. The Hall–Kier alpha value is -2.87. The van der Waals surface area contributed by atoms with Crippen molar-refractivity contribution in [3.05, 3.63) is 41.7 Å². The van der Waals surface area contributed by atoms with Gasteiger partial charge in [-0.25, -0.2) is 4.98 Å². The van der Waals surface area contributed by atoms with Crippen molar-refractivity contribution in [2.75, 3.05) is 31.2 Å². The SMILES string of the molecule is CC[C@@H](NC(=O)c1ccc2c(c1)nc(N1CCOCC1)n2C)c1ccnn1C. The van der Waals surface area contributed by atoms with Crippen LogP contribution in [0.15, 0.2) is 30.5 Å². The second-order valence-electron chi connectivity index (χ2n) is 7.09. The van der Waals surface area contributed by atoms with Gasteiger partial charge in [0.25, 0.3) is 5.91 Å². The van der Waals surface area contributed by atoms with Gasteiger partial charge in [0.2, 0.25) is 5.95 Å². The molecular formula is C20H26N6O2. The van der Waals surface area contributed by atoms with Crippen molar-refractivity contribution in [2.45, 2.75) is 19.4 Å². The fourth-order valence-corrected chi connectivity index (χ4v) is 3.73. The third-order valence-corrected chi connectivity index (χ3v) is 5.34. The Morgan fingerprint density at radius 3 is 2.71 bits per heavy atom. The number of morpholine rings is 1. The summed E-state index contributed by atoms with van der Waals surface area (Å²) in [5, 5.41) is 7.32. The molecule has 1 aromatic carbocycles. The Labute approximate surface area is 164 Å². The van der Waals surface area contributed by atoms with E-state index in [1.165, 1.54) is 0 Å². The Kier molecular flexibility index (Phi) is 5.04. The predicted octanol–water partition coefficient (Wildman–Crippen LogP) is 2.02. The molecule has 1 saturated heterocycles. The van der Waals surface area contributed by atoms with E-state index in [-0.39, 0.29) is 11.9 Å². The molecule has 3 aromatic rings. The fraction of sp³-hybridized carbons (Fsp3) is 0.450. The quantitative estimate of drug-likeness (QED) is 0.731. The summed E-state index contributed by atoms with van der Waals surface area (Å²) in [5.74, 6) is 0.811. The number of anilines is 1. The zero-order chi connectivity index (χ0) is 19.7. The third kappa shape index (κ3) is 3.35. The van der Waals surface area contributed by atoms with Gasteiger partial charge in [0, 0.05) is 38.9 Å². The lowest BCUT2D eigenvalue weighted by atomic mass is 10.1. The van der Waals surface area contributed by atoms with Gasteiger partial charge in [-0.2, -0.15) is 5.10 Å². The Morgan fingerprint density at radius 2 is 2.04 bits per heavy atom. The van der Waals surface area contributed by atoms with Crippen LogP contribution in [0.25, 0.3) is 11.0 Å². The maximum Gasteiger partial charge on any atom is 0.251 e. The van der Waals surface area contributed by atoms with Gasteiger partial charge in [-0.1, -0.05) is 6.92 Å². The van der Waals surface area contributed by atoms with E-state index in [1.807, 2.05) is 38.4 Å². The summed E-state index contributed by atoms with van der Waals surface area (Å²) in [5.41, 5.74) is 3.44. The second kappa shape index (κ2) is 7.63. The molecule has 1 N–H and O–H groups in total. The molecule has 1 fully saturated rings. The van der Waals surface area contributed by atoms with Crippen molar-refractivity contribution in [1.82, 2.24) is 24.6 Å². The first-order valence-corrected chi connectivity index (χ1v) is 9.66. The highest BCUT2D eigenvalue weighted by Crippen LogP contribution is 2.24. The normalized spacial score (nSPS) is 15.8. The zero-order valence-electron chi connectivity index (χ0n) is 16.6. The molecule has 0 bridgehead atoms. The van der Waals surface area contributed by atoms with Crippen molar-refractivity contribution in [3.63, 3.8) is 0 Å². The molecule has 1 atom stereocenters. The lowest BCUT2D eigenvalue weighted by Gasteiger charge is -2.27. The molecule has 28 heavy (non-hydrogen) atoms. The van der Waals surface area contributed by atoms with E-state index in [2.05, 4.69) is 26.8 Å². The highest BCUT2D eigenvalue weighted by Gasteiger charge is 2.20. The van der Waals surface area contributed by atoms with Crippen LogP contribution in [-0.2, 0) is 18.8 Å². The number of aryl methyl sites for hydroxylation is 2. The molecule has 0 saturated carbocycles. The van der Waals surface area contributed by atoms with Crippen LogP contribution < -0.4 is 10.2 Å². The minimum atomic E-state index is -0.103. The van der Waals surface area contributed by atoms with Crippen LogP contribution in [0, 0.1) is 0 Å². The summed E-state index contributed by atoms with van der Waals surface area (Å²) >= 11 is 0. The number of hydrogen-bond donors (Lipinski definition) is 1. The van der Waals surface area contributed by atoms with Crippen LogP contribution in [0.2, 0.25) is 0 Å². The van der Waals surface area contributed by atoms with Crippen molar-refractivity contribution in [2.24, 2.45) is 14.1 Å². The Morgan fingerprint density at radius 1 is 1.25 bits per heavy atom. The van der Waals surface area contributed by atoms with Gasteiger partial charge < -0.3 is 19.5 Å². The van der Waals surface area contributed by atoms with Gasteiger partial charge in [-0.15, -0.1) is 0 Å². The van der Waals surface area contributed by atoms with Crippen LogP contribution in [0.3, 0.4) is 0 Å². The first-order valence-electron chi connectivity index (χ1n) is 9.66. The lowest BCUT2D eigenvalue weighted by Crippen LogP contribution is -2.37. The van der Waals surface area contributed by atoms with E-state index in [4.69, 9.17) is 9.72 Å². The Bertz CT molecular complexity index is 986. The van der Waals surface area contributed by atoms with Gasteiger partial charge in [-0.3, -0.25) is 9.48 Å². The number of amides is 1. The third-order valence-electron chi connectivity index (χ3n) is 5.34. The average Bonchev–Trinajstić information content (AvgIpc) is 3.29. The van der Waals surface area contributed by atoms with Gasteiger partial charge >= 0.3 is 0 Å². The summed E-state index contributed by atoms with van der Waals surface area (Å²) in [6.45, 7) is 5.13. The molecular weight excluding hydrogens is 356 g/mol. The molecule has 148 valence electrons. The summed E-state index contributed by atoms with van der Waals surface area (Å²) in [6, 6.07) is 7.54. The molecule has 0 spiro atoms. The minimum absolute atomic E-state index is 0.0802. The summed E-state index contributed by atoms with van der Waals surface area (Å²) < 4.78 is 9.31. The van der Waals surface area contributed by atoms with E-state index < -0.39 is 0 Å². The van der Waals surface area contributed by atoms with Crippen LogP contribution >= 0.6 is 0 Å². The molecule has 8 heteroatoms. The molecule has 4 rings (SSSR count). The highest BCUT2D eigenvalue weighted by molar-refractivity contribution is 5.98. The van der Waals surface area contributed by atoms with E-state index in [0.717, 1.165) is 42.2 Å². The minimum Gasteiger partial charge on any atom is -0.378 e. The van der Waals surface area contributed by atoms with E-state index >= 15 is 0 Å². The largest absolute Gasteiger partial charge is 0.378 e. The van der Waals surface area contributed by atoms with Crippen molar-refractivity contribution < 1.29 is 9.53 Å². The molecule has 2 aromatic heterocycles. The van der Waals surface area contributed by atoms with Crippen molar-refractivity contribution in [1.29, 1.82) is 0 Å². The lowest BCUT2D eigenvalue weighted by molar-refractivity contribution is 0.0934. The number of nitrogens with one attached hydrogen (secondary N) is 1. The van der Waals surface area contributed by atoms with Crippen molar-refractivity contribution in [3.8, 4) is 0 Å². The number of benzene rings is 1. The Balaban J connectivity index is 1.58. The second-order valence-corrected chi connectivity index (χ2v) is 7.09. The first-order chi connectivity index (χ1) is 13.6. The monoisotopic (exact) mass is 382 g/mol. The fourth-order valence-electron chi connectivity index (χ4n) is 3.73. The number of aromatic nitrogens is 4. The molecule has 0 unspecified atom stereocenters. The number of carbonyl (C=O) groups excluding carboxylic acids is 1. The maximum absolute atomic E-state index is 12.9. The predicted molar refractivity (Wildman–Crippen MR) is 107 cm³/mol. The first kappa shape index (κ1) is 18.5. The molecule has 1 aliphatic rings. The topological polar surface area (TPSA) is 77.2 Å². The number of imidazole rings is 1. The number of carbonyl (C=O) groups is 1. The number of nitrogens with zero attached hydrogens (tertiary/aromatic N) is 5. The number of ether oxygens (including phenoxy) is 1. The summed E-state index contributed by atoms with van der Waals surface area (Å²) in [7, 11) is 3.90. The van der Waals surface area contributed by atoms with Gasteiger partial charge in [0.15, 0.2) is 0 Å². The zero-order valence-corrected chi connectivity index (χ0v) is 16.6. The standard InChI is InChI=1S/C20H26N6O2/c1-4-15(18-7-8-21-25(18)3)22-19(27)14-5-6-17-16(13-14)23-20(24(17)2)26-9-11-28-12-10-26/h5-8,13,15H,4,9-12H2,1-3H3,(H,22,27)/t15-/m1/s1. The van der Waals surface area contributed by atoms with Crippen LogP contribution in [-0.4, -0.2) is 51.5 Å². The van der Waals surface area contributed by atoms with E-state index in [0.29, 0.717) is 18.8 Å². The molecule has 3 heterocycles. The van der Waals surface area contributed by atoms with Gasteiger partial charge in [0.05, 0.1) is 36.0 Å². The van der Waals surface area contributed by atoms with Crippen LogP contribution in [0.4, 0.5) is 5.95 Å². The maximum atomic E-state index is 12.9. The van der Waals surface area contributed by atoms with Crippen LogP contribution in [0.1, 0.15) is 35.4 Å². The van der Waals surface area contributed by atoms with Crippen molar-refractivity contribution >= 4 is 22.9 Å². The molecule has 8 nitrogen and oxygen atoms in total. The molecule has 0 radical (unpaired) electrons. The molecule has 1 aliphatic heterocycles. The summed E-state index contributed by atoms with van der Waals surface area (Å²) in [6.07, 6.45) is 2.54. The van der Waals surface area contributed by atoms with E-state index in [9.17, 15) is 4.79 Å². The average molecular weight is 382 g/mol. The van der Waals surface area contributed by atoms with Gasteiger partial charge in [0.1, 0.15) is 0 Å². The summed E-state index contributed by atoms with van der Waals surface area (Å²) in [4.78, 5) is 19.9. The molecule has 1 amide bonds. The smallest absolute Gasteiger partial charge is 0.251 e. The van der Waals surface area contributed by atoms with E-state index in [1.54, 1.807) is 10.9 Å². The van der Waals surface area contributed by atoms with Crippen LogP contribution in [0.5, 0.6) is 0 Å². The number of rotatable bonds is 5. The highest BCUT2D eigenvalue weighted by atomic mass is 16.5. The molecule has 0 aliphatic carbocycles.